The first-order valence-electron chi connectivity index (χ1n) is 5.64. The number of hydrogen-bond donors (Lipinski definition) is 1. The zero-order valence-corrected chi connectivity index (χ0v) is 11.1. The number of nitro benzene ring substituents is 1. The molecule has 0 aliphatic carbocycles. The Hall–Kier alpha value is -2.28. The highest BCUT2D eigenvalue weighted by Crippen LogP contribution is 2.23. The van der Waals surface area contributed by atoms with Gasteiger partial charge in [-0.15, -0.1) is 0 Å². The van der Waals surface area contributed by atoms with Crippen LogP contribution in [0.4, 0.5) is 15.8 Å². The Morgan fingerprint density at radius 3 is 2.60 bits per heavy atom. The van der Waals surface area contributed by atoms with E-state index in [2.05, 4.69) is 0 Å². The van der Waals surface area contributed by atoms with Crippen molar-refractivity contribution in [1.82, 2.24) is 0 Å². The third kappa shape index (κ3) is 3.00. The third-order valence-electron chi connectivity index (χ3n) is 2.66. The van der Waals surface area contributed by atoms with Crippen LogP contribution in [-0.4, -0.2) is 9.13 Å². The van der Waals surface area contributed by atoms with Crippen molar-refractivity contribution < 1.29 is 13.5 Å². The molecule has 2 aromatic carbocycles. The molecule has 0 aromatic heterocycles. The van der Waals surface area contributed by atoms with Crippen molar-refractivity contribution in [3.63, 3.8) is 0 Å². The Balaban J connectivity index is 2.29. The molecule has 2 rings (SSSR count). The maximum atomic E-state index is 13.9. The van der Waals surface area contributed by atoms with Gasteiger partial charge in [-0.25, -0.2) is 0 Å². The van der Waals surface area contributed by atoms with Crippen molar-refractivity contribution in [2.45, 2.75) is 10.6 Å². The highest BCUT2D eigenvalue weighted by atomic mass is 32.2. The van der Waals surface area contributed by atoms with Crippen molar-refractivity contribution in [2.24, 2.45) is 0 Å². The van der Waals surface area contributed by atoms with Crippen LogP contribution in [0, 0.1) is 15.9 Å². The molecular weight excluding hydrogens is 283 g/mol. The van der Waals surface area contributed by atoms with Gasteiger partial charge in [-0.3, -0.25) is 14.3 Å². The van der Waals surface area contributed by atoms with Crippen LogP contribution < -0.4 is 5.73 Å². The average Bonchev–Trinajstić information content (AvgIpc) is 2.40. The molecular formula is C13H11FN2O3S. The zero-order valence-electron chi connectivity index (χ0n) is 10.3. The molecule has 0 heterocycles. The average molecular weight is 294 g/mol. The lowest BCUT2D eigenvalue weighted by Crippen LogP contribution is -2.02. The number of rotatable bonds is 4. The SMILES string of the molecule is Nc1cccc(S(=O)Cc2cccc([N+](=O)[O-])c2F)c1. The molecule has 0 aliphatic rings. The zero-order chi connectivity index (χ0) is 14.7. The van der Waals surface area contributed by atoms with Crippen molar-refractivity contribution in [3.05, 3.63) is 64.0 Å². The molecule has 2 N–H and O–H groups in total. The monoisotopic (exact) mass is 294 g/mol. The minimum absolute atomic E-state index is 0.0416. The van der Waals surface area contributed by atoms with E-state index in [-0.39, 0.29) is 11.3 Å². The summed E-state index contributed by atoms with van der Waals surface area (Å²) in [6.07, 6.45) is 0. The maximum absolute atomic E-state index is 13.9. The Morgan fingerprint density at radius 1 is 1.25 bits per heavy atom. The summed E-state index contributed by atoms with van der Waals surface area (Å²) in [6.45, 7) is 0. The molecule has 5 nitrogen and oxygen atoms in total. The second-order valence-corrected chi connectivity index (χ2v) is 5.52. The Kier molecular flexibility index (Phi) is 4.09. The van der Waals surface area contributed by atoms with Crippen molar-refractivity contribution in [3.8, 4) is 0 Å². The number of hydrogen-bond acceptors (Lipinski definition) is 4. The largest absolute Gasteiger partial charge is 0.399 e. The standard InChI is InChI=1S/C13H11FN2O3S/c14-13-9(3-1-6-12(13)16(17)18)8-20(19)11-5-2-4-10(15)7-11/h1-7H,8,15H2. The normalized spacial score (nSPS) is 12.1. The van der Waals surface area contributed by atoms with Crippen LogP contribution in [0.15, 0.2) is 47.4 Å². The second-order valence-electron chi connectivity index (χ2n) is 4.07. The number of nitrogens with zero attached hydrogens (tertiary/aromatic N) is 1. The molecule has 0 spiro atoms. The summed E-state index contributed by atoms with van der Waals surface area (Å²) in [7, 11) is -1.52. The van der Waals surface area contributed by atoms with Gasteiger partial charge in [-0.2, -0.15) is 4.39 Å². The van der Waals surface area contributed by atoms with Gasteiger partial charge >= 0.3 is 5.69 Å². The molecule has 7 heteroatoms. The number of nitrogens with two attached hydrogens (primary N) is 1. The fourth-order valence-electron chi connectivity index (χ4n) is 1.70. The van der Waals surface area contributed by atoms with Crippen LogP contribution in [0.25, 0.3) is 0 Å². The van der Waals surface area contributed by atoms with Gasteiger partial charge in [0.05, 0.1) is 21.5 Å². The Morgan fingerprint density at radius 2 is 1.95 bits per heavy atom. The second kappa shape index (κ2) is 5.79. The molecule has 2 aromatic rings. The van der Waals surface area contributed by atoms with E-state index < -0.39 is 27.2 Å². The van der Waals surface area contributed by atoms with Gasteiger partial charge in [0, 0.05) is 22.2 Å². The van der Waals surface area contributed by atoms with E-state index in [4.69, 9.17) is 5.73 Å². The first-order chi connectivity index (χ1) is 9.49. The minimum atomic E-state index is -1.52. The van der Waals surface area contributed by atoms with Crippen molar-refractivity contribution in [2.75, 3.05) is 5.73 Å². The van der Waals surface area contributed by atoms with Crippen LogP contribution in [0.2, 0.25) is 0 Å². The predicted octanol–water partition coefficient (Wildman–Crippen LogP) is 2.62. The molecule has 0 saturated heterocycles. The lowest BCUT2D eigenvalue weighted by atomic mass is 10.2. The van der Waals surface area contributed by atoms with Gasteiger partial charge in [-0.1, -0.05) is 18.2 Å². The van der Waals surface area contributed by atoms with Crippen molar-refractivity contribution >= 4 is 22.2 Å². The first kappa shape index (κ1) is 14.1. The Labute approximate surface area is 116 Å². The van der Waals surface area contributed by atoms with Crippen LogP contribution >= 0.6 is 0 Å². The molecule has 0 fully saturated rings. The summed E-state index contributed by atoms with van der Waals surface area (Å²) in [5.41, 5.74) is 5.46. The number of nitrogen functional groups attached to an aromatic ring is 1. The van der Waals surface area contributed by atoms with Crippen LogP contribution in [0.1, 0.15) is 5.56 Å². The summed E-state index contributed by atoms with van der Waals surface area (Å²) in [4.78, 5) is 10.3. The van der Waals surface area contributed by atoms with E-state index in [0.717, 1.165) is 6.07 Å². The van der Waals surface area contributed by atoms with E-state index in [1.54, 1.807) is 18.2 Å². The fraction of sp³-hybridized carbons (Fsp3) is 0.0769. The lowest BCUT2D eigenvalue weighted by Gasteiger charge is -2.05. The van der Waals surface area contributed by atoms with Crippen LogP contribution in [0.3, 0.4) is 0 Å². The quantitative estimate of drug-likeness (QED) is 0.533. The van der Waals surface area contributed by atoms with E-state index in [9.17, 15) is 18.7 Å². The molecule has 0 saturated carbocycles. The molecule has 104 valence electrons. The highest BCUT2D eigenvalue weighted by Gasteiger charge is 2.18. The first-order valence-corrected chi connectivity index (χ1v) is 6.96. The number of halogens is 1. The van der Waals surface area contributed by atoms with Gasteiger partial charge in [-0.05, 0) is 18.2 Å². The van der Waals surface area contributed by atoms with Gasteiger partial charge < -0.3 is 5.73 Å². The van der Waals surface area contributed by atoms with Crippen molar-refractivity contribution in [1.29, 1.82) is 0 Å². The van der Waals surface area contributed by atoms with Crippen LogP contribution in [-0.2, 0) is 16.6 Å². The minimum Gasteiger partial charge on any atom is -0.399 e. The maximum Gasteiger partial charge on any atom is 0.305 e. The van der Waals surface area contributed by atoms with Crippen LogP contribution in [0.5, 0.6) is 0 Å². The topological polar surface area (TPSA) is 86.2 Å². The van der Waals surface area contributed by atoms with E-state index in [1.165, 1.54) is 18.2 Å². The van der Waals surface area contributed by atoms with E-state index in [0.29, 0.717) is 10.6 Å². The molecule has 0 bridgehead atoms. The third-order valence-corrected chi connectivity index (χ3v) is 4.02. The number of benzene rings is 2. The van der Waals surface area contributed by atoms with Gasteiger partial charge in [0.15, 0.2) is 0 Å². The summed E-state index contributed by atoms with van der Waals surface area (Å²) in [5.74, 6) is -1.09. The summed E-state index contributed by atoms with van der Waals surface area (Å²) in [5, 5.41) is 10.6. The van der Waals surface area contributed by atoms with Gasteiger partial charge in [0.2, 0.25) is 5.82 Å². The van der Waals surface area contributed by atoms with E-state index >= 15 is 0 Å². The highest BCUT2D eigenvalue weighted by molar-refractivity contribution is 7.84. The van der Waals surface area contributed by atoms with Gasteiger partial charge in [0.1, 0.15) is 0 Å². The summed E-state index contributed by atoms with van der Waals surface area (Å²) < 4.78 is 26.0. The fourth-order valence-corrected chi connectivity index (χ4v) is 2.87. The molecule has 1 unspecified atom stereocenters. The molecule has 0 radical (unpaired) electrons. The molecule has 0 amide bonds. The number of nitro groups is 1. The van der Waals surface area contributed by atoms with Gasteiger partial charge in [0.25, 0.3) is 0 Å². The van der Waals surface area contributed by atoms with E-state index in [1.807, 2.05) is 0 Å². The smallest absolute Gasteiger partial charge is 0.305 e. The predicted molar refractivity (Wildman–Crippen MR) is 74.0 cm³/mol. The lowest BCUT2D eigenvalue weighted by molar-refractivity contribution is -0.387. The Bertz CT molecular complexity index is 691. The molecule has 0 aliphatic heterocycles. The summed E-state index contributed by atoms with van der Waals surface area (Å²) >= 11 is 0. The number of anilines is 1. The molecule has 20 heavy (non-hydrogen) atoms. The molecule has 1 atom stereocenters. The summed E-state index contributed by atoms with van der Waals surface area (Å²) in [6, 6.07) is 10.3.